The van der Waals surface area contributed by atoms with Crippen molar-refractivity contribution in [2.45, 2.75) is 44.6 Å². The van der Waals surface area contributed by atoms with Gasteiger partial charge in [0.05, 0.1) is 5.92 Å². The predicted octanol–water partition coefficient (Wildman–Crippen LogP) is 4.24. The summed E-state index contributed by atoms with van der Waals surface area (Å²) in [4.78, 5) is 13.8. The highest BCUT2D eigenvalue weighted by molar-refractivity contribution is 5.88. The van der Waals surface area contributed by atoms with Gasteiger partial charge < -0.3 is 10.0 Å². The van der Waals surface area contributed by atoms with Crippen molar-refractivity contribution in [2.75, 3.05) is 11.4 Å². The monoisotopic (exact) mass is 309 g/mol. The third-order valence-corrected chi connectivity index (χ3v) is 5.61. The third kappa shape index (κ3) is 2.69. The van der Waals surface area contributed by atoms with Crippen molar-refractivity contribution in [3.63, 3.8) is 0 Å². The van der Waals surface area contributed by atoms with E-state index in [9.17, 15) is 9.90 Å². The first kappa shape index (κ1) is 14.6. The molecule has 0 radical (unpaired) electrons. The van der Waals surface area contributed by atoms with E-state index in [1.54, 1.807) is 0 Å². The minimum atomic E-state index is -0.613. The average Bonchev–Trinajstić information content (AvgIpc) is 2.80. The molecule has 0 spiro atoms. The SMILES string of the molecule is O=C(O)C1CCCC(N2CCc3cc4ccccc4cc32)CC1. The van der Waals surface area contributed by atoms with Gasteiger partial charge >= 0.3 is 5.97 Å². The predicted molar refractivity (Wildman–Crippen MR) is 93.0 cm³/mol. The molecule has 0 saturated heterocycles. The number of anilines is 1. The second-order valence-electron chi connectivity index (χ2n) is 6.97. The number of carbonyl (C=O) groups is 1. The summed E-state index contributed by atoms with van der Waals surface area (Å²) in [5.74, 6) is -0.753. The van der Waals surface area contributed by atoms with Crippen LogP contribution in [0.15, 0.2) is 36.4 Å². The maximum Gasteiger partial charge on any atom is 0.306 e. The Morgan fingerprint density at radius 3 is 2.61 bits per heavy atom. The minimum absolute atomic E-state index is 0.140. The fourth-order valence-corrected chi connectivity index (χ4v) is 4.32. The number of hydrogen-bond acceptors (Lipinski definition) is 2. The van der Waals surface area contributed by atoms with Gasteiger partial charge in [-0.1, -0.05) is 30.7 Å². The van der Waals surface area contributed by atoms with E-state index in [0.717, 1.165) is 45.1 Å². The summed E-state index contributed by atoms with van der Waals surface area (Å²) >= 11 is 0. The highest BCUT2D eigenvalue weighted by Gasteiger charge is 2.30. The highest BCUT2D eigenvalue weighted by atomic mass is 16.4. The second-order valence-corrected chi connectivity index (χ2v) is 6.97. The average molecular weight is 309 g/mol. The molecule has 1 N–H and O–H groups in total. The minimum Gasteiger partial charge on any atom is -0.481 e. The van der Waals surface area contributed by atoms with E-state index < -0.39 is 5.97 Å². The lowest BCUT2D eigenvalue weighted by Gasteiger charge is -2.30. The van der Waals surface area contributed by atoms with Crippen LogP contribution in [0.5, 0.6) is 0 Å². The van der Waals surface area contributed by atoms with Gasteiger partial charge in [-0.15, -0.1) is 0 Å². The Morgan fingerprint density at radius 1 is 1.04 bits per heavy atom. The number of carboxylic acids is 1. The highest BCUT2D eigenvalue weighted by Crippen LogP contribution is 2.37. The Bertz CT molecular complexity index is 739. The number of benzene rings is 2. The van der Waals surface area contributed by atoms with Gasteiger partial charge in [-0.05, 0) is 60.6 Å². The summed E-state index contributed by atoms with van der Waals surface area (Å²) in [6, 6.07) is 13.7. The third-order valence-electron chi connectivity index (χ3n) is 5.61. The molecule has 3 heteroatoms. The van der Waals surface area contributed by atoms with Crippen LogP contribution in [0.1, 0.15) is 37.7 Å². The first-order chi connectivity index (χ1) is 11.2. The molecule has 1 aliphatic carbocycles. The van der Waals surface area contributed by atoms with Gasteiger partial charge in [0.1, 0.15) is 0 Å². The zero-order valence-electron chi connectivity index (χ0n) is 13.4. The molecule has 1 aliphatic heterocycles. The fraction of sp³-hybridized carbons (Fsp3) is 0.450. The van der Waals surface area contributed by atoms with E-state index in [2.05, 4.69) is 41.3 Å². The summed E-state index contributed by atoms with van der Waals surface area (Å²) in [7, 11) is 0. The van der Waals surface area contributed by atoms with E-state index in [-0.39, 0.29) is 5.92 Å². The molecular weight excluding hydrogens is 286 g/mol. The van der Waals surface area contributed by atoms with Gasteiger partial charge in [0.25, 0.3) is 0 Å². The van der Waals surface area contributed by atoms with Crippen molar-refractivity contribution in [2.24, 2.45) is 5.92 Å². The van der Waals surface area contributed by atoms with Crippen LogP contribution in [-0.4, -0.2) is 23.7 Å². The van der Waals surface area contributed by atoms with Gasteiger partial charge in [-0.25, -0.2) is 0 Å². The van der Waals surface area contributed by atoms with E-state index in [1.165, 1.54) is 22.0 Å². The van der Waals surface area contributed by atoms with E-state index in [0.29, 0.717) is 6.04 Å². The Kier molecular flexibility index (Phi) is 3.72. The maximum absolute atomic E-state index is 11.3. The number of nitrogens with zero attached hydrogens (tertiary/aromatic N) is 1. The number of carboxylic acid groups (broad SMARTS) is 1. The van der Waals surface area contributed by atoms with Gasteiger partial charge in [-0.3, -0.25) is 4.79 Å². The van der Waals surface area contributed by atoms with Crippen molar-refractivity contribution >= 4 is 22.4 Å². The van der Waals surface area contributed by atoms with Gasteiger partial charge in [0.2, 0.25) is 0 Å². The van der Waals surface area contributed by atoms with Crippen LogP contribution in [0.4, 0.5) is 5.69 Å². The molecule has 23 heavy (non-hydrogen) atoms. The molecule has 2 aromatic rings. The molecule has 0 bridgehead atoms. The molecule has 1 fully saturated rings. The van der Waals surface area contributed by atoms with Crippen LogP contribution in [-0.2, 0) is 11.2 Å². The normalized spacial score (nSPS) is 24.4. The second kappa shape index (κ2) is 5.88. The molecule has 3 nitrogen and oxygen atoms in total. The first-order valence-electron chi connectivity index (χ1n) is 8.73. The lowest BCUT2D eigenvalue weighted by molar-refractivity contribution is -0.142. The summed E-state index contributed by atoms with van der Waals surface area (Å²) in [5, 5.41) is 11.9. The van der Waals surface area contributed by atoms with Gasteiger partial charge in [-0.2, -0.15) is 0 Å². The fourth-order valence-electron chi connectivity index (χ4n) is 4.32. The molecule has 2 unspecified atom stereocenters. The van der Waals surface area contributed by atoms with Crippen LogP contribution >= 0.6 is 0 Å². The molecule has 120 valence electrons. The number of aliphatic carboxylic acids is 1. The van der Waals surface area contributed by atoms with Crippen LogP contribution in [0, 0.1) is 5.92 Å². The lowest BCUT2D eigenvalue weighted by atomic mass is 10.0. The van der Waals surface area contributed by atoms with Crippen molar-refractivity contribution in [3.05, 3.63) is 42.0 Å². The standard InChI is InChI=1S/C20H23NO2/c22-20(23)14-6-3-7-18(9-8-14)21-11-10-17-12-15-4-1-2-5-16(15)13-19(17)21/h1-2,4-5,12-14,18H,3,6-11H2,(H,22,23). The Labute approximate surface area is 136 Å². The molecule has 1 heterocycles. The maximum atomic E-state index is 11.3. The van der Waals surface area contributed by atoms with Crippen molar-refractivity contribution in [1.29, 1.82) is 0 Å². The summed E-state index contributed by atoms with van der Waals surface area (Å²) in [6.45, 7) is 1.08. The molecule has 1 saturated carbocycles. The van der Waals surface area contributed by atoms with Gasteiger partial charge in [0, 0.05) is 18.3 Å². The number of rotatable bonds is 2. The van der Waals surface area contributed by atoms with Crippen molar-refractivity contribution in [3.8, 4) is 0 Å². The Hall–Kier alpha value is -2.03. The van der Waals surface area contributed by atoms with Gasteiger partial charge in [0.15, 0.2) is 0 Å². The number of fused-ring (bicyclic) bond motifs is 2. The molecule has 0 aromatic heterocycles. The van der Waals surface area contributed by atoms with E-state index >= 15 is 0 Å². The molecule has 2 aromatic carbocycles. The van der Waals surface area contributed by atoms with Crippen LogP contribution in [0.2, 0.25) is 0 Å². The molecule has 0 amide bonds. The van der Waals surface area contributed by atoms with E-state index in [1.807, 2.05) is 0 Å². The van der Waals surface area contributed by atoms with Crippen LogP contribution in [0.25, 0.3) is 10.8 Å². The largest absolute Gasteiger partial charge is 0.481 e. The van der Waals surface area contributed by atoms with Crippen molar-refractivity contribution in [1.82, 2.24) is 0 Å². The quantitative estimate of drug-likeness (QED) is 0.844. The summed E-state index contributed by atoms with van der Waals surface area (Å²) < 4.78 is 0. The molecule has 2 atom stereocenters. The topological polar surface area (TPSA) is 40.5 Å². The molecular formula is C20H23NO2. The zero-order chi connectivity index (χ0) is 15.8. The molecule has 4 rings (SSSR count). The summed E-state index contributed by atoms with van der Waals surface area (Å²) in [5.41, 5.74) is 2.82. The lowest BCUT2D eigenvalue weighted by Crippen LogP contribution is -2.33. The first-order valence-corrected chi connectivity index (χ1v) is 8.73. The van der Waals surface area contributed by atoms with Crippen molar-refractivity contribution < 1.29 is 9.90 Å². The van der Waals surface area contributed by atoms with E-state index in [4.69, 9.17) is 0 Å². The summed E-state index contributed by atoms with van der Waals surface area (Å²) in [6.07, 6.45) is 5.92. The smallest absolute Gasteiger partial charge is 0.306 e. The van der Waals surface area contributed by atoms with Crippen LogP contribution in [0.3, 0.4) is 0 Å². The van der Waals surface area contributed by atoms with Crippen LogP contribution < -0.4 is 4.90 Å². The molecule has 2 aliphatic rings. The zero-order valence-corrected chi connectivity index (χ0v) is 13.4. The Balaban J connectivity index is 1.60. The Morgan fingerprint density at radius 2 is 1.83 bits per heavy atom. The number of hydrogen-bond donors (Lipinski definition) is 1.